The minimum absolute atomic E-state index is 0.0342. The number of nitrogens with zero attached hydrogens (tertiary/aromatic N) is 3. The molecule has 8 heteroatoms. The summed E-state index contributed by atoms with van der Waals surface area (Å²) >= 11 is 7.43. The third kappa shape index (κ3) is 2.77. The highest BCUT2D eigenvalue weighted by molar-refractivity contribution is 7.15. The molecule has 1 aliphatic rings. The van der Waals surface area contributed by atoms with Gasteiger partial charge in [-0.05, 0) is 30.2 Å². The van der Waals surface area contributed by atoms with E-state index in [4.69, 9.17) is 16.0 Å². The predicted molar refractivity (Wildman–Crippen MR) is 112 cm³/mol. The Bertz CT molecular complexity index is 1320. The predicted octanol–water partition coefficient (Wildman–Crippen LogP) is 4.61. The summed E-state index contributed by atoms with van der Waals surface area (Å²) in [5, 5.41) is 10.4. The normalized spacial score (nSPS) is 15.9. The van der Waals surface area contributed by atoms with Crippen molar-refractivity contribution in [3.8, 4) is 0 Å². The zero-order valence-electron chi connectivity index (χ0n) is 15.3. The molecule has 4 aromatic rings. The molecule has 0 saturated heterocycles. The fraction of sp³-hybridized carbons (Fsp3) is 0.143. The van der Waals surface area contributed by atoms with Crippen LogP contribution in [0, 0.1) is 0 Å². The minimum Gasteiger partial charge on any atom is -0.450 e. The summed E-state index contributed by atoms with van der Waals surface area (Å²) in [6, 6.07) is 13.5. The molecule has 1 atom stereocenters. The molecule has 1 amide bonds. The lowest BCUT2D eigenvalue weighted by Gasteiger charge is -2.21. The average molecular weight is 424 g/mol. The van der Waals surface area contributed by atoms with Crippen molar-refractivity contribution >= 4 is 44.9 Å². The molecular weight excluding hydrogens is 410 g/mol. The number of anilines is 1. The van der Waals surface area contributed by atoms with E-state index in [2.05, 4.69) is 10.2 Å². The van der Waals surface area contributed by atoms with Crippen LogP contribution in [0.2, 0.25) is 5.02 Å². The van der Waals surface area contributed by atoms with Crippen LogP contribution in [0.1, 0.15) is 39.7 Å². The van der Waals surface area contributed by atoms with E-state index in [0.29, 0.717) is 33.1 Å². The number of hydrogen-bond acceptors (Lipinski definition) is 6. The van der Waals surface area contributed by atoms with E-state index in [1.807, 2.05) is 37.3 Å². The fourth-order valence-corrected chi connectivity index (χ4v) is 4.56. The second kappa shape index (κ2) is 6.79. The maximum Gasteiger partial charge on any atom is 0.297 e. The molecule has 0 unspecified atom stereocenters. The number of amides is 1. The van der Waals surface area contributed by atoms with Crippen LogP contribution < -0.4 is 10.3 Å². The molecule has 0 spiro atoms. The van der Waals surface area contributed by atoms with Gasteiger partial charge in [-0.25, -0.2) is 0 Å². The molecule has 0 aliphatic carbocycles. The molecule has 144 valence electrons. The maximum atomic E-state index is 13.4. The van der Waals surface area contributed by atoms with Crippen molar-refractivity contribution in [2.45, 2.75) is 19.4 Å². The molecule has 3 heterocycles. The third-order valence-corrected chi connectivity index (χ3v) is 6.21. The summed E-state index contributed by atoms with van der Waals surface area (Å²) in [6.07, 6.45) is 0.711. The molecule has 2 aromatic carbocycles. The standard InChI is InChI=1S/C21H14ClN3O3S/c1-2-15-23-24-21(29-15)25-17(11-6-4-3-5-7-11)16-18(26)13-10-12(22)8-9-14(13)28-19(16)20(25)27/h3-10,17H,2H2,1H3/t17-/m0/s1. The largest absolute Gasteiger partial charge is 0.450 e. The lowest BCUT2D eigenvalue weighted by Crippen LogP contribution is -2.29. The third-order valence-electron chi connectivity index (χ3n) is 4.91. The SMILES string of the molecule is CCc1nnc(N2C(=O)c3oc4ccc(Cl)cc4c(=O)c3[C@@H]2c2ccccc2)s1. The second-order valence-electron chi connectivity index (χ2n) is 6.63. The van der Waals surface area contributed by atoms with Gasteiger partial charge in [-0.2, -0.15) is 0 Å². The van der Waals surface area contributed by atoms with Gasteiger partial charge in [0.15, 0.2) is 5.43 Å². The lowest BCUT2D eigenvalue weighted by molar-refractivity contribution is 0.0970. The number of rotatable bonds is 3. The molecule has 0 N–H and O–H groups in total. The Morgan fingerprint density at radius 1 is 1.14 bits per heavy atom. The van der Waals surface area contributed by atoms with Crippen LogP contribution in [0.4, 0.5) is 5.13 Å². The van der Waals surface area contributed by atoms with Crippen molar-refractivity contribution in [3.05, 3.63) is 85.7 Å². The highest BCUT2D eigenvalue weighted by Crippen LogP contribution is 2.42. The fourth-order valence-electron chi connectivity index (χ4n) is 3.58. The van der Waals surface area contributed by atoms with E-state index in [0.717, 1.165) is 10.6 Å². The van der Waals surface area contributed by atoms with Crippen LogP contribution in [-0.2, 0) is 6.42 Å². The van der Waals surface area contributed by atoms with Crippen molar-refractivity contribution in [1.82, 2.24) is 10.2 Å². The quantitative estimate of drug-likeness (QED) is 0.481. The number of fused-ring (bicyclic) bond motifs is 2. The Balaban J connectivity index is 1.81. The van der Waals surface area contributed by atoms with E-state index in [-0.39, 0.29) is 11.2 Å². The topological polar surface area (TPSA) is 76.3 Å². The molecule has 0 radical (unpaired) electrons. The first-order valence-electron chi connectivity index (χ1n) is 9.05. The van der Waals surface area contributed by atoms with Crippen LogP contribution in [0.25, 0.3) is 11.0 Å². The van der Waals surface area contributed by atoms with Crippen LogP contribution in [0.5, 0.6) is 0 Å². The number of aromatic nitrogens is 2. The van der Waals surface area contributed by atoms with Gasteiger partial charge in [0, 0.05) is 5.02 Å². The van der Waals surface area contributed by atoms with E-state index in [1.54, 1.807) is 18.2 Å². The Morgan fingerprint density at radius 2 is 1.93 bits per heavy atom. The lowest BCUT2D eigenvalue weighted by atomic mass is 9.99. The van der Waals surface area contributed by atoms with Gasteiger partial charge < -0.3 is 4.42 Å². The number of hydrogen-bond donors (Lipinski definition) is 0. The Kier molecular flexibility index (Phi) is 4.22. The number of carbonyl (C=O) groups is 1. The minimum atomic E-state index is -0.643. The summed E-state index contributed by atoms with van der Waals surface area (Å²) in [7, 11) is 0. The van der Waals surface area contributed by atoms with Crippen LogP contribution in [0.3, 0.4) is 0 Å². The van der Waals surface area contributed by atoms with Crippen LogP contribution >= 0.6 is 22.9 Å². The first kappa shape index (κ1) is 18.0. The molecular formula is C21H14ClN3O3S. The monoisotopic (exact) mass is 423 g/mol. The summed E-state index contributed by atoms with van der Waals surface area (Å²) in [5.74, 6) is -0.367. The Labute approximate surface area is 174 Å². The summed E-state index contributed by atoms with van der Waals surface area (Å²) in [5.41, 5.74) is 1.14. The summed E-state index contributed by atoms with van der Waals surface area (Å²) in [6.45, 7) is 1.97. The first-order valence-corrected chi connectivity index (χ1v) is 10.2. The molecule has 1 aliphatic heterocycles. The highest BCUT2D eigenvalue weighted by atomic mass is 35.5. The van der Waals surface area contributed by atoms with Gasteiger partial charge in [-0.3, -0.25) is 14.5 Å². The zero-order chi connectivity index (χ0) is 20.1. The van der Waals surface area contributed by atoms with E-state index in [9.17, 15) is 9.59 Å². The van der Waals surface area contributed by atoms with Gasteiger partial charge in [0.25, 0.3) is 5.91 Å². The molecule has 2 aromatic heterocycles. The van der Waals surface area contributed by atoms with Gasteiger partial charge in [0.05, 0.1) is 17.0 Å². The van der Waals surface area contributed by atoms with Gasteiger partial charge in [-0.1, -0.05) is 60.2 Å². The molecule has 29 heavy (non-hydrogen) atoms. The zero-order valence-corrected chi connectivity index (χ0v) is 16.8. The Hall–Kier alpha value is -3.03. The molecule has 0 saturated carbocycles. The summed E-state index contributed by atoms with van der Waals surface area (Å²) < 4.78 is 5.90. The molecule has 5 rings (SSSR count). The average Bonchev–Trinajstić information content (AvgIpc) is 3.32. The Morgan fingerprint density at radius 3 is 2.66 bits per heavy atom. The van der Waals surface area contributed by atoms with Crippen LogP contribution in [0.15, 0.2) is 57.7 Å². The first-order chi connectivity index (χ1) is 14.1. The number of carbonyl (C=O) groups excluding carboxylic acids is 1. The second-order valence-corrected chi connectivity index (χ2v) is 8.11. The van der Waals surface area contributed by atoms with Crippen molar-refractivity contribution in [2.24, 2.45) is 0 Å². The van der Waals surface area contributed by atoms with E-state index < -0.39 is 11.9 Å². The molecule has 0 fully saturated rings. The number of aryl methyl sites for hydroxylation is 1. The van der Waals surface area contributed by atoms with Gasteiger partial charge >= 0.3 is 0 Å². The van der Waals surface area contributed by atoms with Gasteiger partial charge in [0.2, 0.25) is 10.9 Å². The van der Waals surface area contributed by atoms with Crippen molar-refractivity contribution in [2.75, 3.05) is 4.90 Å². The van der Waals surface area contributed by atoms with Gasteiger partial charge in [0.1, 0.15) is 10.6 Å². The van der Waals surface area contributed by atoms with Gasteiger partial charge in [-0.15, -0.1) is 10.2 Å². The maximum absolute atomic E-state index is 13.4. The smallest absolute Gasteiger partial charge is 0.297 e. The van der Waals surface area contributed by atoms with Crippen molar-refractivity contribution in [1.29, 1.82) is 0 Å². The number of benzene rings is 2. The number of halogens is 1. The molecule has 0 bridgehead atoms. The van der Waals surface area contributed by atoms with Crippen LogP contribution in [-0.4, -0.2) is 16.1 Å². The molecule has 6 nitrogen and oxygen atoms in total. The summed E-state index contributed by atoms with van der Waals surface area (Å²) in [4.78, 5) is 28.3. The van der Waals surface area contributed by atoms with Crippen molar-refractivity contribution in [3.63, 3.8) is 0 Å². The highest BCUT2D eigenvalue weighted by Gasteiger charge is 2.45. The van der Waals surface area contributed by atoms with E-state index in [1.165, 1.54) is 16.2 Å². The van der Waals surface area contributed by atoms with E-state index >= 15 is 0 Å². The van der Waals surface area contributed by atoms with Crippen molar-refractivity contribution < 1.29 is 9.21 Å².